The fourth-order valence-corrected chi connectivity index (χ4v) is 1.00. The highest BCUT2D eigenvalue weighted by Gasteiger charge is 2.12. The summed E-state index contributed by atoms with van der Waals surface area (Å²) in [6, 6.07) is 3.11. The van der Waals surface area contributed by atoms with Crippen LogP contribution in [0.15, 0.2) is 24.5 Å². The van der Waals surface area contributed by atoms with Crippen LogP contribution in [0.1, 0.15) is 0 Å². The average Bonchev–Trinajstić information content (AvgIpc) is 2.08. The van der Waals surface area contributed by atoms with Gasteiger partial charge in [0.05, 0.1) is 0 Å². The molecule has 9 heavy (non-hydrogen) atoms. The van der Waals surface area contributed by atoms with Crippen LogP contribution in [-0.2, 0) is 4.57 Å². The molecule has 4 nitrogen and oxygen atoms in total. The Morgan fingerprint density at radius 1 is 1.22 bits per heavy atom. The van der Waals surface area contributed by atoms with E-state index in [0.29, 0.717) is 0 Å². The van der Waals surface area contributed by atoms with Gasteiger partial charge >= 0.3 is 7.75 Å². The second kappa shape index (κ2) is 1.99. The van der Waals surface area contributed by atoms with Crippen LogP contribution in [0.25, 0.3) is 0 Å². The summed E-state index contributed by atoms with van der Waals surface area (Å²) in [7, 11) is -4.05. The van der Waals surface area contributed by atoms with Crippen molar-refractivity contribution in [3.63, 3.8) is 0 Å². The fraction of sp³-hybridized carbons (Fsp3) is 0. The molecule has 1 aromatic rings. The van der Waals surface area contributed by atoms with Crippen molar-refractivity contribution in [2.45, 2.75) is 0 Å². The molecule has 0 fully saturated rings. The molecule has 50 valence electrons. The van der Waals surface area contributed by atoms with Crippen LogP contribution < -0.4 is 0 Å². The van der Waals surface area contributed by atoms with Crippen molar-refractivity contribution in [3.8, 4) is 0 Å². The van der Waals surface area contributed by atoms with Gasteiger partial charge in [0.2, 0.25) is 0 Å². The third kappa shape index (κ3) is 1.42. The minimum Gasteiger partial charge on any atom is -0.308 e. The highest BCUT2D eigenvalue weighted by atomic mass is 31.2. The summed E-state index contributed by atoms with van der Waals surface area (Å²) < 4.78 is 11.2. The zero-order valence-corrected chi connectivity index (χ0v) is 5.40. The van der Waals surface area contributed by atoms with E-state index in [2.05, 4.69) is 0 Å². The molecule has 1 rings (SSSR count). The minimum absolute atomic E-state index is 0.854. The summed E-state index contributed by atoms with van der Waals surface area (Å²) >= 11 is 0. The van der Waals surface area contributed by atoms with E-state index in [9.17, 15) is 4.57 Å². The quantitative estimate of drug-likeness (QED) is 0.566. The number of hydrogen-bond acceptors (Lipinski definition) is 1. The van der Waals surface area contributed by atoms with Crippen molar-refractivity contribution in [2.24, 2.45) is 0 Å². The van der Waals surface area contributed by atoms with Crippen molar-refractivity contribution in [3.05, 3.63) is 24.5 Å². The Labute approximate surface area is 52.0 Å². The number of hydrogen-bond donors (Lipinski definition) is 2. The van der Waals surface area contributed by atoms with Gasteiger partial charge in [0.1, 0.15) is 0 Å². The Bertz CT molecular complexity index is 224. The summed E-state index contributed by atoms with van der Waals surface area (Å²) in [6.07, 6.45) is 2.64. The van der Waals surface area contributed by atoms with E-state index in [0.717, 1.165) is 4.34 Å². The van der Waals surface area contributed by atoms with Gasteiger partial charge in [-0.3, -0.25) is 4.34 Å². The molecule has 0 aliphatic carbocycles. The molecule has 0 aromatic carbocycles. The monoisotopic (exact) mass is 147 g/mol. The van der Waals surface area contributed by atoms with Gasteiger partial charge in [0, 0.05) is 12.4 Å². The Morgan fingerprint density at radius 2 is 1.67 bits per heavy atom. The molecule has 0 aliphatic heterocycles. The predicted molar refractivity (Wildman–Crippen MR) is 31.9 cm³/mol. The summed E-state index contributed by atoms with van der Waals surface area (Å²) in [4.78, 5) is 16.9. The van der Waals surface area contributed by atoms with E-state index < -0.39 is 7.75 Å². The number of rotatable bonds is 1. The molecule has 0 radical (unpaired) electrons. The Hall–Kier alpha value is -0.570. The Balaban J connectivity index is 3.04. The van der Waals surface area contributed by atoms with Gasteiger partial charge < -0.3 is 9.79 Å². The maximum absolute atomic E-state index is 10.4. The third-order valence-electron chi connectivity index (χ3n) is 0.890. The van der Waals surface area contributed by atoms with Crippen LogP contribution in [0.4, 0.5) is 0 Å². The molecule has 2 N–H and O–H groups in total. The van der Waals surface area contributed by atoms with Crippen molar-refractivity contribution >= 4 is 7.75 Å². The predicted octanol–water partition coefficient (Wildman–Crippen LogP) is 0.429. The standard InChI is InChI=1S/C4H6NO3P/c6-9(7,8)5-3-1-2-4-5/h1-4H,(H2,6,7,8). The molecular formula is C4H6NO3P. The molecule has 0 amide bonds. The first-order chi connectivity index (χ1) is 4.11. The summed E-state index contributed by atoms with van der Waals surface area (Å²) in [6.45, 7) is 0. The van der Waals surface area contributed by atoms with E-state index >= 15 is 0 Å². The van der Waals surface area contributed by atoms with Gasteiger partial charge in [-0.25, -0.2) is 4.57 Å². The van der Waals surface area contributed by atoms with Crippen LogP contribution in [0.3, 0.4) is 0 Å². The lowest BCUT2D eigenvalue weighted by Gasteiger charge is -2.01. The van der Waals surface area contributed by atoms with Crippen LogP contribution in [-0.4, -0.2) is 14.1 Å². The average molecular weight is 147 g/mol. The second-order valence-electron chi connectivity index (χ2n) is 1.58. The maximum atomic E-state index is 10.4. The number of nitrogens with zero attached hydrogens (tertiary/aromatic N) is 1. The summed E-state index contributed by atoms with van der Waals surface area (Å²) in [5.74, 6) is 0. The third-order valence-corrected chi connectivity index (χ3v) is 1.76. The molecule has 0 atom stereocenters. The molecule has 0 bridgehead atoms. The van der Waals surface area contributed by atoms with Crippen LogP contribution in [0.5, 0.6) is 0 Å². The van der Waals surface area contributed by atoms with Crippen molar-refractivity contribution in [1.82, 2.24) is 4.34 Å². The molecular weight excluding hydrogens is 141 g/mol. The van der Waals surface area contributed by atoms with Gasteiger partial charge in [-0.05, 0) is 12.1 Å². The molecule has 1 aromatic heterocycles. The molecule has 1 heterocycles. The molecule has 5 heteroatoms. The van der Waals surface area contributed by atoms with E-state index in [4.69, 9.17) is 9.79 Å². The molecule has 0 spiro atoms. The lowest BCUT2D eigenvalue weighted by Crippen LogP contribution is -1.88. The zero-order valence-electron chi connectivity index (χ0n) is 4.51. The van der Waals surface area contributed by atoms with Crippen LogP contribution >= 0.6 is 7.75 Å². The SMILES string of the molecule is O=P(O)(O)n1cccc1. The summed E-state index contributed by atoms with van der Waals surface area (Å²) in [5, 5.41) is 0. The van der Waals surface area contributed by atoms with Crippen molar-refractivity contribution < 1.29 is 14.4 Å². The van der Waals surface area contributed by atoms with Crippen molar-refractivity contribution in [1.29, 1.82) is 0 Å². The van der Waals surface area contributed by atoms with Gasteiger partial charge in [0.25, 0.3) is 0 Å². The highest BCUT2D eigenvalue weighted by Crippen LogP contribution is 2.35. The Morgan fingerprint density at radius 3 is 1.89 bits per heavy atom. The normalized spacial score (nSPS) is 11.8. The lowest BCUT2D eigenvalue weighted by atomic mass is 10.7. The highest BCUT2D eigenvalue weighted by molar-refractivity contribution is 7.50. The molecule has 0 aliphatic rings. The maximum Gasteiger partial charge on any atom is 0.433 e. The van der Waals surface area contributed by atoms with E-state index in [1.807, 2.05) is 0 Å². The van der Waals surface area contributed by atoms with Crippen LogP contribution in [0, 0.1) is 0 Å². The number of aromatic nitrogens is 1. The second-order valence-corrected chi connectivity index (χ2v) is 3.06. The molecule has 0 saturated heterocycles. The topological polar surface area (TPSA) is 62.5 Å². The fourth-order valence-electron chi connectivity index (χ4n) is 0.499. The van der Waals surface area contributed by atoms with Crippen LogP contribution in [0.2, 0.25) is 0 Å². The van der Waals surface area contributed by atoms with E-state index in [1.165, 1.54) is 12.4 Å². The Kier molecular flexibility index (Phi) is 1.45. The smallest absolute Gasteiger partial charge is 0.308 e. The minimum atomic E-state index is -4.05. The van der Waals surface area contributed by atoms with E-state index in [-0.39, 0.29) is 0 Å². The first-order valence-electron chi connectivity index (χ1n) is 2.30. The van der Waals surface area contributed by atoms with Gasteiger partial charge in [-0.2, -0.15) is 0 Å². The van der Waals surface area contributed by atoms with Gasteiger partial charge in [0.15, 0.2) is 0 Å². The first-order valence-corrected chi connectivity index (χ1v) is 3.86. The van der Waals surface area contributed by atoms with Crippen molar-refractivity contribution in [2.75, 3.05) is 0 Å². The zero-order chi connectivity index (χ0) is 6.91. The lowest BCUT2D eigenvalue weighted by molar-refractivity contribution is 0.361. The molecule has 0 unspecified atom stereocenters. The van der Waals surface area contributed by atoms with Gasteiger partial charge in [-0.1, -0.05) is 0 Å². The largest absolute Gasteiger partial charge is 0.433 e. The first kappa shape index (κ1) is 6.55. The summed E-state index contributed by atoms with van der Waals surface area (Å²) in [5.41, 5.74) is 0. The molecule has 0 saturated carbocycles. The van der Waals surface area contributed by atoms with Gasteiger partial charge in [-0.15, -0.1) is 0 Å². The van der Waals surface area contributed by atoms with E-state index in [1.54, 1.807) is 12.1 Å².